The van der Waals surface area contributed by atoms with E-state index in [0.717, 1.165) is 11.1 Å². The van der Waals surface area contributed by atoms with Crippen molar-refractivity contribution >= 4 is 22.9 Å². The first kappa shape index (κ1) is 24.3. The molecule has 1 unspecified atom stereocenters. The number of carbonyl (C=O) groups is 1. The summed E-state index contributed by atoms with van der Waals surface area (Å²) in [7, 11) is 0. The number of halogens is 1. The van der Waals surface area contributed by atoms with E-state index in [1.165, 1.54) is 23.4 Å². The summed E-state index contributed by atoms with van der Waals surface area (Å²) in [6.45, 7) is 4.50. The van der Waals surface area contributed by atoms with Crippen molar-refractivity contribution < 1.29 is 19.0 Å². The Labute approximate surface area is 221 Å². The molecule has 1 fully saturated rings. The van der Waals surface area contributed by atoms with Crippen LogP contribution in [0.15, 0.2) is 49.2 Å². The number of aromatic nitrogens is 7. The normalized spacial score (nSPS) is 15.3. The first-order chi connectivity index (χ1) is 18.8. The Bertz CT molecular complexity index is 1730. The van der Waals surface area contributed by atoms with Crippen LogP contribution in [0, 0.1) is 19.7 Å². The number of anilines is 1. The van der Waals surface area contributed by atoms with E-state index in [1.54, 1.807) is 40.7 Å². The standard InChI is InChI=1S/C26H24FN9O3/c1-14-5-7-29-25(33-14)39-20-4-3-17(9-19(20)27)36-22(15(2)21-23(36)24(28)31-13-30-21)16-10-32-35(11-16)18-6-8-34(12-18)26(37)38/h3-5,7,9-11,13,18H,6,8,12H2,1-2H3,(H,37,38)(H2,28,30,31). The van der Waals surface area contributed by atoms with Gasteiger partial charge in [0.05, 0.1) is 23.4 Å². The fourth-order valence-electron chi connectivity index (χ4n) is 4.96. The lowest BCUT2D eigenvalue weighted by atomic mass is 10.1. The number of benzene rings is 1. The molecule has 1 aromatic carbocycles. The minimum absolute atomic E-state index is 0.0275. The summed E-state index contributed by atoms with van der Waals surface area (Å²) in [4.78, 5) is 29.6. The third-order valence-corrected chi connectivity index (χ3v) is 6.84. The van der Waals surface area contributed by atoms with E-state index in [1.807, 2.05) is 13.1 Å². The highest BCUT2D eigenvalue weighted by atomic mass is 19.1. The molecule has 1 aliphatic heterocycles. The molecule has 39 heavy (non-hydrogen) atoms. The number of likely N-dealkylation sites (tertiary alicyclic amines) is 1. The molecule has 0 spiro atoms. The van der Waals surface area contributed by atoms with Crippen LogP contribution in [0.25, 0.3) is 28.0 Å². The molecule has 1 atom stereocenters. The maximum Gasteiger partial charge on any atom is 0.407 e. The van der Waals surface area contributed by atoms with Gasteiger partial charge in [-0.15, -0.1) is 0 Å². The van der Waals surface area contributed by atoms with Crippen molar-refractivity contribution in [3.8, 4) is 28.7 Å². The van der Waals surface area contributed by atoms with Gasteiger partial charge in [0.15, 0.2) is 17.4 Å². The summed E-state index contributed by atoms with van der Waals surface area (Å²) in [5, 5.41) is 13.9. The quantitative estimate of drug-likeness (QED) is 0.342. The van der Waals surface area contributed by atoms with Gasteiger partial charge in [-0.1, -0.05) is 0 Å². The summed E-state index contributed by atoms with van der Waals surface area (Å²) in [5.74, 6) is -0.405. The molecule has 3 N–H and O–H groups in total. The summed E-state index contributed by atoms with van der Waals surface area (Å²) >= 11 is 0. The largest absolute Gasteiger partial charge is 0.465 e. The monoisotopic (exact) mass is 529 g/mol. The van der Waals surface area contributed by atoms with E-state index in [-0.39, 0.29) is 23.6 Å². The van der Waals surface area contributed by atoms with E-state index in [2.05, 4.69) is 25.0 Å². The summed E-state index contributed by atoms with van der Waals surface area (Å²) in [6.07, 6.45) is 6.21. The van der Waals surface area contributed by atoms with Gasteiger partial charge < -0.3 is 25.0 Å². The van der Waals surface area contributed by atoms with Gasteiger partial charge in [0.1, 0.15) is 11.8 Å². The molecule has 1 amide bonds. The van der Waals surface area contributed by atoms with Crippen molar-refractivity contribution in [2.45, 2.75) is 26.3 Å². The number of amides is 1. The lowest BCUT2D eigenvalue weighted by Crippen LogP contribution is -2.27. The van der Waals surface area contributed by atoms with Crippen LogP contribution in [0.5, 0.6) is 11.8 Å². The van der Waals surface area contributed by atoms with Gasteiger partial charge in [-0.2, -0.15) is 5.10 Å². The van der Waals surface area contributed by atoms with Crippen molar-refractivity contribution in [2.24, 2.45) is 0 Å². The number of aryl methyl sites for hydroxylation is 2. The van der Waals surface area contributed by atoms with Crippen LogP contribution >= 0.6 is 0 Å². The van der Waals surface area contributed by atoms with E-state index < -0.39 is 11.9 Å². The zero-order valence-corrected chi connectivity index (χ0v) is 21.1. The predicted octanol–water partition coefficient (Wildman–Crippen LogP) is 4.13. The Morgan fingerprint density at radius 3 is 2.79 bits per heavy atom. The fraction of sp³-hybridized carbons (Fsp3) is 0.231. The number of hydrogen-bond donors (Lipinski definition) is 2. The highest BCUT2D eigenvalue weighted by Gasteiger charge is 2.29. The van der Waals surface area contributed by atoms with Crippen molar-refractivity contribution in [3.63, 3.8) is 0 Å². The van der Waals surface area contributed by atoms with E-state index in [9.17, 15) is 9.90 Å². The first-order valence-electron chi connectivity index (χ1n) is 12.2. The Kier molecular flexibility index (Phi) is 5.82. The number of hydrogen-bond acceptors (Lipinski definition) is 8. The highest BCUT2D eigenvalue weighted by molar-refractivity contribution is 5.95. The van der Waals surface area contributed by atoms with Crippen LogP contribution < -0.4 is 10.5 Å². The van der Waals surface area contributed by atoms with Crippen molar-refractivity contribution in [2.75, 3.05) is 18.8 Å². The number of nitrogens with two attached hydrogens (primary N) is 1. The molecule has 0 radical (unpaired) electrons. The molecule has 5 aromatic rings. The van der Waals surface area contributed by atoms with Crippen LogP contribution in [-0.2, 0) is 0 Å². The second-order valence-corrected chi connectivity index (χ2v) is 9.34. The van der Waals surface area contributed by atoms with Gasteiger partial charge in [0.2, 0.25) is 0 Å². The lowest BCUT2D eigenvalue weighted by molar-refractivity contribution is 0.154. The molecule has 0 bridgehead atoms. The Balaban J connectivity index is 1.44. The molecule has 5 heterocycles. The number of nitrogen functional groups attached to an aromatic ring is 1. The fourth-order valence-corrected chi connectivity index (χ4v) is 4.96. The maximum atomic E-state index is 15.3. The Morgan fingerprint density at radius 2 is 2.05 bits per heavy atom. The molecule has 12 nitrogen and oxygen atoms in total. The van der Waals surface area contributed by atoms with E-state index in [0.29, 0.717) is 47.6 Å². The number of rotatable bonds is 5. The average Bonchev–Trinajstić information content (AvgIpc) is 3.64. The third kappa shape index (κ3) is 4.27. The van der Waals surface area contributed by atoms with Gasteiger partial charge in [-0.25, -0.2) is 29.1 Å². The van der Waals surface area contributed by atoms with Crippen LogP contribution in [0.1, 0.15) is 23.7 Å². The van der Waals surface area contributed by atoms with Gasteiger partial charge in [0.25, 0.3) is 0 Å². The second kappa shape index (κ2) is 9.35. The maximum absolute atomic E-state index is 15.3. The number of fused-ring (bicyclic) bond motifs is 1. The Hall–Kier alpha value is -5.07. The highest BCUT2D eigenvalue weighted by Crippen LogP contribution is 2.38. The zero-order valence-electron chi connectivity index (χ0n) is 21.1. The van der Waals surface area contributed by atoms with Gasteiger partial charge in [0, 0.05) is 54.1 Å². The Morgan fingerprint density at radius 1 is 1.21 bits per heavy atom. The minimum Gasteiger partial charge on any atom is -0.465 e. The van der Waals surface area contributed by atoms with Crippen molar-refractivity contribution in [3.05, 3.63) is 66.3 Å². The van der Waals surface area contributed by atoms with Gasteiger partial charge in [-0.3, -0.25) is 4.68 Å². The number of ether oxygens (including phenoxy) is 1. The average molecular weight is 530 g/mol. The van der Waals surface area contributed by atoms with Gasteiger partial charge >= 0.3 is 12.1 Å². The number of carboxylic acid groups (broad SMARTS) is 1. The van der Waals surface area contributed by atoms with Crippen LogP contribution in [0.2, 0.25) is 0 Å². The van der Waals surface area contributed by atoms with Crippen molar-refractivity contribution in [1.29, 1.82) is 0 Å². The zero-order chi connectivity index (χ0) is 27.3. The lowest BCUT2D eigenvalue weighted by Gasteiger charge is -2.14. The molecule has 6 rings (SSSR count). The molecule has 13 heteroatoms. The molecule has 1 saturated heterocycles. The van der Waals surface area contributed by atoms with Crippen LogP contribution in [0.4, 0.5) is 15.0 Å². The minimum atomic E-state index is -0.946. The van der Waals surface area contributed by atoms with Crippen LogP contribution in [0.3, 0.4) is 0 Å². The number of nitrogens with zero attached hydrogens (tertiary/aromatic N) is 8. The van der Waals surface area contributed by atoms with Crippen LogP contribution in [-0.4, -0.2) is 63.5 Å². The molecular formula is C26H24FN9O3. The predicted molar refractivity (Wildman–Crippen MR) is 139 cm³/mol. The third-order valence-electron chi connectivity index (χ3n) is 6.84. The van der Waals surface area contributed by atoms with E-state index in [4.69, 9.17) is 10.5 Å². The molecule has 0 aliphatic carbocycles. The molecule has 198 valence electrons. The molecular weight excluding hydrogens is 505 g/mol. The SMILES string of the molecule is Cc1ccnc(Oc2ccc(-n3c(-c4cnn(C5CCN(C(=O)O)C5)c4)c(C)c4ncnc(N)c43)cc2F)n1. The summed E-state index contributed by atoms with van der Waals surface area (Å²) in [5.41, 5.74) is 10.9. The first-order valence-corrected chi connectivity index (χ1v) is 12.2. The summed E-state index contributed by atoms with van der Waals surface area (Å²) in [6, 6.07) is 6.22. The van der Waals surface area contributed by atoms with E-state index >= 15 is 4.39 Å². The molecule has 1 aliphatic rings. The topological polar surface area (TPSA) is 150 Å². The molecule has 4 aromatic heterocycles. The summed E-state index contributed by atoms with van der Waals surface area (Å²) < 4.78 is 24.5. The molecule has 0 saturated carbocycles. The second-order valence-electron chi connectivity index (χ2n) is 9.34. The smallest absolute Gasteiger partial charge is 0.407 e. The van der Waals surface area contributed by atoms with Crippen molar-refractivity contribution in [1.82, 2.24) is 39.2 Å². The van der Waals surface area contributed by atoms with Gasteiger partial charge in [-0.05, 0) is 38.5 Å².